The molecule has 0 fully saturated rings. The summed E-state index contributed by atoms with van der Waals surface area (Å²) in [6.07, 6.45) is 2.07. The van der Waals surface area contributed by atoms with Gasteiger partial charge in [-0.15, -0.1) is 0 Å². The second-order valence-electron chi connectivity index (χ2n) is 6.89. The van der Waals surface area contributed by atoms with Gasteiger partial charge < -0.3 is 0 Å². The van der Waals surface area contributed by atoms with Gasteiger partial charge in [0.1, 0.15) is 5.41 Å². The summed E-state index contributed by atoms with van der Waals surface area (Å²) >= 11 is 0. The first-order valence-electron chi connectivity index (χ1n) is 8.71. The fourth-order valence-corrected chi connectivity index (χ4v) is 4.31. The van der Waals surface area contributed by atoms with Crippen LogP contribution in [0.2, 0.25) is 0 Å². The van der Waals surface area contributed by atoms with Gasteiger partial charge in [-0.05, 0) is 47.3 Å². The summed E-state index contributed by atoms with van der Waals surface area (Å²) in [4.78, 5) is 0. The molecule has 0 N–H and O–H groups in total. The summed E-state index contributed by atoms with van der Waals surface area (Å²) in [6, 6.07) is 25.1. The smallest absolute Gasteiger partial charge is 0.109 e. The molecule has 2 nitrogen and oxygen atoms in total. The van der Waals surface area contributed by atoms with E-state index in [-0.39, 0.29) is 5.92 Å². The Morgan fingerprint density at radius 3 is 1.96 bits per heavy atom. The third kappa shape index (κ3) is 2.03. The zero-order valence-electron chi connectivity index (χ0n) is 14.8. The molecule has 2 aliphatic rings. The van der Waals surface area contributed by atoms with Crippen molar-refractivity contribution in [3.63, 3.8) is 0 Å². The molecule has 124 valence electrons. The molecule has 0 amide bonds. The maximum absolute atomic E-state index is 10.1. The minimum Gasteiger partial charge on any atom is -0.197 e. The Morgan fingerprint density at radius 2 is 1.42 bits per heavy atom. The minimum absolute atomic E-state index is 0.188. The Bertz CT molecular complexity index is 1060. The topological polar surface area (TPSA) is 47.6 Å². The molecule has 0 heterocycles. The Kier molecular flexibility index (Phi) is 3.64. The van der Waals surface area contributed by atoms with E-state index in [4.69, 9.17) is 0 Å². The van der Waals surface area contributed by atoms with E-state index in [1.54, 1.807) is 0 Å². The van der Waals surface area contributed by atoms with Crippen molar-refractivity contribution in [3.8, 4) is 12.1 Å². The van der Waals surface area contributed by atoms with Gasteiger partial charge >= 0.3 is 0 Å². The second-order valence-corrected chi connectivity index (χ2v) is 6.89. The first-order valence-corrected chi connectivity index (χ1v) is 8.71. The molecule has 0 bridgehead atoms. The number of fused-ring (bicyclic) bond motifs is 1. The van der Waals surface area contributed by atoms with E-state index < -0.39 is 5.41 Å². The first kappa shape index (κ1) is 16.1. The zero-order chi connectivity index (χ0) is 18.3. The van der Waals surface area contributed by atoms with Gasteiger partial charge in [-0.25, -0.2) is 0 Å². The lowest BCUT2D eigenvalue weighted by molar-refractivity contribution is 0.444. The molecule has 2 atom stereocenters. The Morgan fingerprint density at radius 1 is 0.846 bits per heavy atom. The van der Waals surface area contributed by atoms with Crippen molar-refractivity contribution in [2.24, 2.45) is 11.3 Å². The van der Waals surface area contributed by atoms with Gasteiger partial charge in [0.05, 0.1) is 12.1 Å². The van der Waals surface area contributed by atoms with Crippen molar-refractivity contribution in [2.75, 3.05) is 0 Å². The summed E-state index contributed by atoms with van der Waals surface area (Å²) in [7, 11) is 0. The quantitative estimate of drug-likeness (QED) is 0.724. The van der Waals surface area contributed by atoms with Crippen LogP contribution in [-0.4, -0.2) is 0 Å². The monoisotopic (exact) mass is 334 g/mol. The van der Waals surface area contributed by atoms with E-state index in [0.717, 1.165) is 33.4 Å². The predicted octanol–water partition coefficient (Wildman–Crippen LogP) is 5.54. The second kappa shape index (κ2) is 5.87. The summed E-state index contributed by atoms with van der Waals surface area (Å²) in [5.74, 6) is -0.188. The number of hydrogen-bond acceptors (Lipinski definition) is 2. The molecule has 2 aromatic carbocycles. The first-order chi connectivity index (χ1) is 12.6. The fraction of sp³-hybridized carbons (Fsp3) is 0.167. The van der Waals surface area contributed by atoms with Crippen LogP contribution in [0.1, 0.15) is 25.0 Å². The summed E-state index contributed by atoms with van der Waals surface area (Å²) in [5.41, 5.74) is 6.24. The molecule has 2 aliphatic carbocycles. The van der Waals surface area contributed by atoms with Gasteiger partial charge in [0.2, 0.25) is 0 Å². The Hall–Kier alpha value is -3.36. The Labute approximate surface area is 154 Å². The van der Waals surface area contributed by atoms with Crippen LogP contribution in [0.3, 0.4) is 0 Å². The van der Waals surface area contributed by atoms with Crippen molar-refractivity contribution in [2.45, 2.75) is 13.8 Å². The number of benzene rings is 2. The van der Waals surface area contributed by atoms with Crippen LogP contribution in [0.4, 0.5) is 0 Å². The van der Waals surface area contributed by atoms with Crippen LogP contribution in [0.15, 0.2) is 83.5 Å². The van der Waals surface area contributed by atoms with Crippen molar-refractivity contribution in [3.05, 3.63) is 94.6 Å². The predicted molar refractivity (Wildman–Crippen MR) is 103 cm³/mol. The largest absolute Gasteiger partial charge is 0.197 e. The maximum Gasteiger partial charge on any atom is 0.109 e. The highest BCUT2D eigenvalue weighted by Crippen LogP contribution is 2.62. The van der Waals surface area contributed by atoms with Crippen LogP contribution < -0.4 is 0 Å². The minimum atomic E-state index is -0.735. The number of rotatable bonds is 2. The molecular formula is C24H18N2. The van der Waals surface area contributed by atoms with Crippen LogP contribution in [0.25, 0.3) is 11.1 Å². The van der Waals surface area contributed by atoms with Gasteiger partial charge in [-0.2, -0.15) is 10.5 Å². The van der Waals surface area contributed by atoms with Crippen molar-refractivity contribution < 1.29 is 0 Å². The molecule has 2 unspecified atom stereocenters. The molecule has 0 saturated heterocycles. The van der Waals surface area contributed by atoms with E-state index in [9.17, 15) is 10.5 Å². The molecule has 0 radical (unpaired) electrons. The van der Waals surface area contributed by atoms with E-state index in [2.05, 4.69) is 30.3 Å². The van der Waals surface area contributed by atoms with Crippen LogP contribution in [0.5, 0.6) is 0 Å². The molecule has 0 aromatic heterocycles. The molecule has 26 heavy (non-hydrogen) atoms. The fourth-order valence-electron chi connectivity index (χ4n) is 4.31. The summed E-state index contributed by atoms with van der Waals surface area (Å²) in [6.45, 7) is 4.02. The van der Waals surface area contributed by atoms with Gasteiger partial charge in [-0.1, -0.05) is 66.7 Å². The SMILES string of the molecule is CC1=C(C#N)C2C(c3ccccc3)=C(C)C2(C#N)C=C1c1ccccc1. The van der Waals surface area contributed by atoms with Crippen molar-refractivity contribution >= 4 is 11.1 Å². The molecular weight excluding hydrogens is 316 g/mol. The third-order valence-corrected chi connectivity index (χ3v) is 5.71. The Balaban J connectivity index is 1.97. The van der Waals surface area contributed by atoms with Gasteiger partial charge in [0, 0.05) is 11.5 Å². The number of nitriles is 2. The highest BCUT2D eigenvalue weighted by Gasteiger charge is 2.55. The normalized spacial score (nSPS) is 24.2. The van der Waals surface area contributed by atoms with Crippen molar-refractivity contribution in [1.82, 2.24) is 0 Å². The average Bonchev–Trinajstić information content (AvgIpc) is 2.70. The average molecular weight is 334 g/mol. The number of allylic oxidation sites excluding steroid dienone is 6. The highest BCUT2D eigenvalue weighted by atomic mass is 14.6. The van der Waals surface area contributed by atoms with E-state index in [1.165, 1.54) is 0 Å². The zero-order valence-corrected chi connectivity index (χ0v) is 14.8. The lowest BCUT2D eigenvalue weighted by Crippen LogP contribution is -2.42. The molecule has 0 aliphatic heterocycles. The van der Waals surface area contributed by atoms with E-state index in [1.807, 2.05) is 62.4 Å². The summed E-state index contributed by atoms with van der Waals surface area (Å²) in [5, 5.41) is 20.1. The lowest BCUT2D eigenvalue weighted by Gasteiger charge is -2.49. The van der Waals surface area contributed by atoms with Gasteiger partial charge in [0.15, 0.2) is 0 Å². The van der Waals surface area contributed by atoms with Gasteiger partial charge in [-0.3, -0.25) is 0 Å². The van der Waals surface area contributed by atoms with Gasteiger partial charge in [0.25, 0.3) is 0 Å². The van der Waals surface area contributed by atoms with Crippen LogP contribution in [-0.2, 0) is 0 Å². The van der Waals surface area contributed by atoms with E-state index in [0.29, 0.717) is 5.57 Å². The molecule has 0 saturated carbocycles. The summed E-state index contributed by atoms with van der Waals surface area (Å²) < 4.78 is 0. The van der Waals surface area contributed by atoms with Crippen LogP contribution >= 0.6 is 0 Å². The maximum atomic E-state index is 10.1. The third-order valence-electron chi connectivity index (χ3n) is 5.71. The van der Waals surface area contributed by atoms with Crippen LogP contribution in [0, 0.1) is 34.0 Å². The highest BCUT2D eigenvalue weighted by molar-refractivity contribution is 5.93. The standard InChI is InChI=1S/C24H18N2/c1-16-20(18-9-5-3-6-10-18)13-24(15-26)17(2)22(23(24)21(16)14-25)19-11-7-4-8-12-19/h3-13,23H,1-2H3. The van der Waals surface area contributed by atoms with E-state index >= 15 is 0 Å². The number of nitrogens with zero attached hydrogens (tertiary/aromatic N) is 2. The molecule has 4 rings (SSSR count). The molecule has 0 spiro atoms. The van der Waals surface area contributed by atoms with Crippen molar-refractivity contribution in [1.29, 1.82) is 10.5 Å². The lowest BCUT2D eigenvalue weighted by atomic mass is 9.50. The molecule has 2 heteroatoms. The number of hydrogen-bond donors (Lipinski definition) is 0. The molecule has 2 aromatic rings.